The molecular weight excluding hydrogens is 334 g/mol. The van der Waals surface area contributed by atoms with Gasteiger partial charge in [-0.1, -0.05) is 15.9 Å². The van der Waals surface area contributed by atoms with Crippen LogP contribution in [0.2, 0.25) is 0 Å². The lowest BCUT2D eigenvalue weighted by atomic mass is 10.3. The molecule has 7 heteroatoms. The first kappa shape index (κ1) is 15.8. The van der Waals surface area contributed by atoms with Gasteiger partial charge in [0.2, 0.25) is 0 Å². The smallest absolute Gasteiger partial charge is 0.306 e. The second-order valence-electron chi connectivity index (χ2n) is 3.73. The van der Waals surface area contributed by atoms with E-state index in [1.165, 1.54) is 0 Å². The van der Waals surface area contributed by atoms with Gasteiger partial charge in [-0.15, -0.1) is 0 Å². The van der Waals surface area contributed by atoms with Gasteiger partial charge in [0.25, 0.3) is 5.91 Å². The average Bonchev–Trinajstić information content (AvgIpc) is 2.37. The van der Waals surface area contributed by atoms with Gasteiger partial charge in [0.05, 0.1) is 10.8 Å². The zero-order valence-corrected chi connectivity index (χ0v) is 12.5. The molecule has 1 atom stereocenters. The van der Waals surface area contributed by atoms with E-state index in [4.69, 9.17) is 5.73 Å². The van der Waals surface area contributed by atoms with Crippen molar-refractivity contribution in [1.29, 1.82) is 0 Å². The third-order valence-electron chi connectivity index (χ3n) is 2.16. The number of hydrogen-bond donors (Lipinski definition) is 1. The van der Waals surface area contributed by atoms with Crippen LogP contribution in [0.15, 0.2) is 33.6 Å². The molecule has 0 saturated heterocycles. The highest BCUT2D eigenvalue weighted by Crippen LogP contribution is 2.14. The Labute approximate surface area is 122 Å². The molecular formula is C12H14BrNO4S. The Morgan fingerprint density at radius 3 is 2.47 bits per heavy atom. The highest BCUT2D eigenvalue weighted by Gasteiger charge is 2.08. The lowest BCUT2D eigenvalue weighted by molar-refractivity contribution is -0.147. The summed E-state index contributed by atoms with van der Waals surface area (Å²) in [4.78, 5) is 22.3. The van der Waals surface area contributed by atoms with Crippen molar-refractivity contribution in [3.63, 3.8) is 0 Å². The number of primary amides is 1. The molecule has 0 unspecified atom stereocenters. The highest BCUT2D eigenvalue weighted by molar-refractivity contribution is 9.10. The van der Waals surface area contributed by atoms with E-state index in [1.54, 1.807) is 12.1 Å². The van der Waals surface area contributed by atoms with Crippen molar-refractivity contribution < 1.29 is 18.5 Å². The molecule has 0 saturated carbocycles. The Bertz CT molecular complexity index is 475. The second kappa shape index (κ2) is 8.06. The summed E-state index contributed by atoms with van der Waals surface area (Å²) in [5.74, 6) is -0.828. The van der Waals surface area contributed by atoms with Gasteiger partial charge in [-0.2, -0.15) is 0 Å². The standard InChI is InChI=1S/C12H14BrNO4S/c13-9-3-5-10(6-4-9)19(17)7-1-2-12(16)18-8-11(14)15/h3-6H,1-2,7-8H2,(H2,14,15)/t19-/m0/s1. The molecule has 5 nitrogen and oxygen atoms in total. The molecule has 0 spiro atoms. The molecule has 0 radical (unpaired) electrons. The first-order valence-electron chi connectivity index (χ1n) is 5.57. The molecule has 1 aromatic rings. The monoisotopic (exact) mass is 347 g/mol. The molecule has 0 fully saturated rings. The van der Waals surface area contributed by atoms with Gasteiger partial charge in [0.15, 0.2) is 6.61 Å². The fourth-order valence-electron chi connectivity index (χ4n) is 1.28. The van der Waals surface area contributed by atoms with Crippen LogP contribution in [0.4, 0.5) is 0 Å². The number of hydrogen-bond acceptors (Lipinski definition) is 4. The van der Waals surface area contributed by atoms with Crippen molar-refractivity contribution in [2.75, 3.05) is 12.4 Å². The number of halogens is 1. The summed E-state index contributed by atoms with van der Waals surface area (Å²) in [7, 11) is -1.14. The third kappa shape index (κ3) is 6.49. The molecule has 0 aliphatic heterocycles. The Morgan fingerprint density at radius 2 is 1.89 bits per heavy atom. The zero-order valence-electron chi connectivity index (χ0n) is 10.1. The van der Waals surface area contributed by atoms with Crippen LogP contribution < -0.4 is 5.73 Å². The molecule has 0 aliphatic rings. The number of amides is 1. The fraction of sp³-hybridized carbons (Fsp3) is 0.333. The van der Waals surface area contributed by atoms with E-state index in [2.05, 4.69) is 20.7 Å². The van der Waals surface area contributed by atoms with Gasteiger partial charge in [0, 0.05) is 21.5 Å². The van der Waals surface area contributed by atoms with E-state index in [-0.39, 0.29) is 6.42 Å². The van der Waals surface area contributed by atoms with E-state index in [9.17, 15) is 13.8 Å². The molecule has 104 valence electrons. The SMILES string of the molecule is NC(=O)COC(=O)CCC[S@](=O)c1ccc(Br)cc1. The van der Waals surface area contributed by atoms with Crippen molar-refractivity contribution in [3.05, 3.63) is 28.7 Å². The topological polar surface area (TPSA) is 86.5 Å². The van der Waals surface area contributed by atoms with Crippen molar-refractivity contribution in [1.82, 2.24) is 0 Å². The van der Waals surface area contributed by atoms with Crippen LogP contribution >= 0.6 is 15.9 Å². The van der Waals surface area contributed by atoms with E-state index in [0.29, 0.717) is 17.1 Å². The molecule has 0 bridgehead atoms. The van der Waals surface area contributed by atoms with Gasteiger partial charge < -0.3 is 10.5 Å². The molecule has 0 aromatic heterocycles. The van der Waals surface area contributed by atoms with E-state index in [0.717, 1.165) is 4.47 Å². The largest absolute Gasteiger partial charge is 0.456 e. The quantitative estimate of drug-likeness (QED) is 0.754. The van der Waals surface area contributed by atoms with Crippen LogP contribution in [-0.4, -0.2) is 28.4 Å². The summed E-state index contributed by atoms with van der Waals surface area (Å²) in [5.41, 5.74) is 4.84. The lowest BCUT2D eigenvalue weighted by Crippen LogP contribution is -2.21. The summed E-state index contributed by atoms with van der Waals surface area (Å²) in [6, 6.07) is 7.17. The van der Waals surface area contributed by atoms with Crippen LogP contribution in [0.1, 0.15) is 12.8 Å². The molecule has 19 heavy (non-hydrogen) atoms. The number of benzene rings is 1. The Kier molecular flexibility index (Phi) is 6.72. The maximum Gasteiger partial charge on any atom is 0.306 e. The minimum atomic E-state index is -1.14. The first-order valence-corrected chi connectivity index (χ1v) is 7.68. The van der Waals surface area contributed by atoms with Gasteiger partial charge in [0.1, 0.15) is 0 Å². The normalized spacial score (nSPS) is 11.8. The molecule has 2 N–H and O–H groups in total. The lowest BCUT2D eigenvalue weighted by Gasteiger charge is -2.03. The Morgan fingerprint density at radius 1 is 1.26 bits per heavy atom. The van der Waals surface area contributed by atoms with E-state index < -0.39 is 29.3 Å². The Hall–Kier alpha value is -1.21. The molecule has 0 aliphatic carbocycles. The number of rotatable bonds is 7. The van der Waals surface area contributed by atoms with E-state index >= 15 is 0 Å². The summed E-state index contributed by atoms with van der Waals surface area (Å²) in [6.45, 7) is -0.408. The number of carbonyl (C=O) groups is 2. The predicted molar refractivity (Wildman–Crippen MR) is 74.8 cm³/mol. The molecule has 1 amide bonds. The number of nitrogens with two attached hydrogens (primary N) is 1. The number of esters is 1. The van der Waals surface area contributed by atoms with Gasteiger partial charge in [-0.05, 0) is 30.7 Å². The first-order chi connectivity index (χ1) is 8.99. The minimum Gasteiger partial charge on any atom is -0.456 e. The van der Waals surface area contributed by atoms with Crippen LogP contribution in [0, 0.1) is 0 Å². The fourth-order valence-corrected chi connectivity index (χ4v) is 2.62. The third-order valence-corrected chi connectivity index (χ3v) is 4.15. The summed E-state index contributed by atoms with van der Waals surface area (Å²) in [6.07, 6.45) is 0.551. The van der Waals surface area contributed by atoms with Crippen molar-refractivity contribution in [2.24, 2.45) is 5.73 Å². The maximum absolute atomic E-state index is 11.9. The minimum absolute atomic E-state index is 0.121. The second-order valence-corrected chi connectivity index (χ2v) is 6.22. The molecule has 1 aromatic carbocycles. The molecule has 1 rings (SSSR count). The van der Waals surface area contributed by atoms with Crippen molar-refractivity contribution >= 4 is 38.6 Å². The summed E-state index contributed by atoms with van der Waals surface area (Å²) < 4.78 is 17.4. The number of ether oxygens (including phenoxy) is 1. The maximum atomic E-state index is 11.9. The average molecular weight is 348 g/mol. The van der Waals surface area contributed by atoms with Crippen LogP contribution in [0.3, 0.4) is 0 Å². The predicted octanol–water partition coefficient (Wildman–Crippen LogP) is 1.37. The van der Waals surface area contributed by atoms with Gasteiger partial charge >= 0.3 is 5.97 Å². The summed E-state index contributed by atoms with van der Waals surface area (Å²) in [5, 5.41) is 0. The zero-order chi connectivity index (χ0) is 14.3. The summed E-state index contributed by atoms with van der Waals surface area (Å²) >= 11 is 3.30. The highest BCUT2D eigenvalue weighted by atomic mass is 79.9. The Balaban J connectivity index is 2.29. The van der Waals surface area contributed by atoms with Gasteiger partial charge in [-0.3, -0.25) is 13.8 Å². The van der Waals surface area contributed by atoms with Crippen LogP contribution in [-0.2, 0) is 25.1 Å². The molecule has 0 heterocycles. The van der Waals surface area contributed by atoms with Crippen LogP contribution in [0.25, 0.3) is 0 Å². The van der Waals surface area contributed by atoms with E-state index in [1.807, 2.05) is 12.1 Å². The van der Waals surface area contributed by atoms with Crippen molar-refractivity contribution in [2.45, 2.75) is 17.7 Å². The van der Waals surface area contributed by atoms with Crippen molar-refractivity contribution in [3.8, 4) is 0 Å². The number of carbonyl (C=O) groups excluding carboxylic acids is 2. The van der Waals surface area contributed by atoms with Crippen LogP contribution in [0.5, 0.6) is 0 Å². The van der Waals surface area contributed by atoms with Gasteiger partial charge in [-0.25, -0.2) is 0 Å².